The Labute approximate surface area is 112 Å². The lowest BCUT2D eigenvalue weighted by Crippen LogP contribution is -2.47. The number of carbonyl (C=O) groups is 2. The minimum Gasteiger partial charge on any atom is -0.481 e. The first-order chi connectivity index (χ1) is 9.18. The molecule has 1 saturated carbocycles. The minimum atomic E-state index is -0.769. The molecule has 1 aromatic carbocycles. The van der Waals surface area contributed by atoms with Crippen LogP contribution in [-0.2, 0) is 11.2 Å². The van der Waals surface area contributed by atoms with E-state index in [9.17, 15) is 14.7 Å². The molecule has 1 aliphatic carbocycles. The van der Waals surface area contributed by atoms with Gasteiger partial charge in [-0.1, -0.05) is 24.6 Å². The number of benzene rings is 1. The summed E-state index contributed by atoms with van der Waals surface area (Å²) in [6.07, 6.45) is 3.22. The maximum absolute atomic E-state index is 12.5. The Morgan fingerprint density at radius 2 is 2.05 bits per heavy atom. The monoisotopic (exact) mass is 259 g/mol. The summed E-state index contributed by atoms with van der Waals surface area (Å²) < 4.78 is 0. The second-order valence-electron chi connectivity index (χ2n) is 5.35. The number of rotatable bonds is 2. The SMILES string of the molecule is O=C(O)C1CCCC1N1CCc2ccccc2C1=O. The molecule has 0 spiro atoms. The van der Waals surface area contributed by atoms with Crippen molar-refractivity contribution in [3.05, 3.63) is 35.4 Å². The van der Waals surface area contributed by atoms with Crippen LogP contribution < -0.4 is 0 Å². The number of amides is 1. The summed E-state index contributed by atoms with van der Waals surface area (Å²) in [4.78, 5) is 25.6. The van der Waals surface area contributed by atoms with Crippen molar-refractivity contribution in [3.8, 4) is 0 Å². The summed E-state index contributed by atoms with van der Waals surface area (Å²) in [7, 11) is 0. The topological polar surface area (TPSA) is 57.6 Å². The van der Waals surface area contributed by atoms with Crippen LogP contribution in [0.5, 0.6) is 0 Å². The third kappa shape index (κ3) is 2.01. The van der Waals surface area contributed by atoms with E-state index in [2.05, 4.69) is 0 Å². The molecule has 1 aliphatic heterocycles. The molecule has 1 aromatic rings. The standard InChI is InChI=1S/C15H17NO3/c17-14-11-5-2-1-4-10(11)8-9-16(14)13-7-3-6-12(13)15(18)19/h1-2,4-5,12-13H,3,6-9H2,(H,18,19). The van der Waals surface area contributed by atoms with E-state index in [1.807, 2.05) is 24.3 Å². The molecule has 1 amide bonds. The Bertz CT molecular complexity index is 526. The lowest BCUT2D eigenvalue weighted by atomic mass is 9.94. The van der Waals surface area contributed by atoms with Crippen LogP contribution in [0.15, 0.2) is 24.3 Å². The van der Waals surface area contributed by atoms with Gasteiger partial charge in [0.05, 0.1) is 5.92 Å². The van der Waals surface area contributed by atoms with Gasteiger partial charge in [0.25, 0.3) is 5.91 Å². The van der Waals surface area contributed by atoms with E-state index in [-0.39, 0.29) is 11.9 Å². The maximum Gasteiger partial charge on any atom is 0.308 e. The van der Waals surface area contributed by atoms with Gasteiger partial charge in [-0.2, -0.15) is 0 Å². The van der Waals surface area contributed by atoms with Gasteiger partial charge in [-0.25, -0.2) is 0 Å². The highest BCUT2D eigenvalue weighted by Crippen LogP contribution is 2.33. The van der Waals surface area contributed by atoms with Gasteiger partial charge in [-0.15, -0.1) is 0 Å². The Balaban J connectivity index is 1.88. The average molecular weight is 259 g/mol. The summed E-state index contributed by atoms with van der Waals surface area (Å²) in [5, 5.41) is 9.26. The molecular formula is C15H17NO3. The van der Waals surface area contributed by atoms with Gasteiger partial charge in [0.2, 0.25) is 0 Å². The van der Waals surface area contributed by atoms with Crippen LogP contribution in [-0.4, -0.2) is 34.5 Å². The first kappa shape index (κ1) is 12.2. The number of carboxylic acids is 1. The van der Waals surface area contributed by atoms with Gasteiger partial charge in [0.1, 0.15) is 0 Å². The van der Waals surface area contributed by atoms with Crippen molar-refractivity contribution in [2.75, 3.05) is 6.54 Å². The maximum atomic E-state index is 12.5. The average Bonchev–Trinajstić information content (AvgIpc) is 2.89. The lowest BCUT2D eigenvalue weighted by Gasteiger charge is -2.35. The van der Waals surface area contributed by atoms with Crippen LogP contribution in [0.1, 0.15) is 35.2 Å². The number of nitrogens with zero attached hydrogens (tertiary/aromatic N) is 1. The normalized spacial score (nSPS) is 26.3. The van der Waals surface area contributed by atoms with Gasteiger partial charge in [0, 0.05) is 18.2 Å². The molecule has 100 valence electrons. The fraction of sp³-hybridized carbons (Fsp3) is 0.467. The summed E-state index contributed by atoms with van der Waals surface area (Å²) in [6.45, 7) is 0.643. The highest BCUT2D eigenvalue weighted by molar-refractivity contribution is 5.97. The fourth-order valence-electron chi connectivity index (χ4n) is 3.36. The molecule has 0 radical (unpaired) electrons. The first-order valence-corrected chi connectivity index (χ1v) is 6.80. The molecule has 4 heteroatoms. The number of carboxylic acid groups (broad SMARTS) is 1. The van der Waals surface area contributed by atoms with Crippen molar-refractivity contribution in [2.45, 2.75) is 31.7 Å². The highest BCUT2D eigenvalue weighted by Gasteiger charge is 2.40. The Morgan fingerprint density at radius 3 is 2.84 bits per heavy atom. The zero-order valence-electron chi connectivity index (χ0n) is 10.7. The van der Waals surface area contributed by atoms with Crippen molar-refractivity contribution >= 4 is 11.9 Å². The fourth-order valence-corrected chi connectivity index (χ4v) is 3.36. The Morgan fingerprint density at radius 1 is 1.26 bits per heavy atom. The number of fused-ring (bicyclic) bond motifs is 1. The molecule has 2 unspecified atom stereocenters. The first-order valence-electron chi connectivity index (χ1n) is 6.80. The predicted octanol–water partition coefficient (Wildman–Crippen LogP) is 1.94. The van der Waals surface area contributed by atoms with Crippen LogP contribution in [0.4, 0.5) is 0 Å². The van der Waals surface area contributed by atoms with Crippen molar-refractivity contribution in [2.24, 2.45) is 5.92 Å². The van der Waals surface area contributed by atoms with Gasteiger partial charge < -0.3 is 10.0 Å². The van der Waals surface area contributed by atoms with Crippen LogP contribution in [0, 0.1) is 5.92 Å². The van der Waals surface area contributed by atoms with Gasteiger partial charge >= 0.3 is 5.97 Å². The molecule has 1 fully saturated rings. The van der Waals surface area contributed by atoms with E-state index >= 15 is 0 Å². The number of aliphatic carboxylic acids is 1. The summed E-state index contributed by atoms with van der Waals surface area (Å²) in [5.74, 6) is -1.16. The highest BCUT2D eigenvalue weighted by atomic mass is 16.4. The van der Waals surface area contributed by atoms with Crippen molar-refractivity contribution in [1.82, 2.24) is 4.90 Å². The number of hydrogen-bond acceptors (Lipinski definition) is 2. The van der Waals surface area contributed by atoms with Crippen molar-refractivity contribution in [3.63, 3.8) is 0 Å². The Hall–Kier alpha value is -1.84. The smallest absolute Gasteiger partial charge is 0.308 e. The number of carbonyl (C=O) groups excluding carboxylic acids is 1. The molecule has 0 bridgehead atoms. The summed E-state index contributed by atoms with van der Waals surface area (Å²) in [6, 6.07) is 7.50. The molecule has 4 nitrogen and oxygen atoms in total. The van der Waals surface area contributed by atoms with Crippen LogP contribution in [0.2, 0.25) is 0 Å². The largest absolute Gasteiger partial charge is 0.481 e. The second kappa shape index (κ2) is 4.68. The second-order valence-corrected chi connectivity index (χ2v) is 5.35. The van der Waals surface area contributed by atoms with E-state index in [1.165, 1.54) is 0 Å². The van der Waals surface area contributed by atoms with Crippen molar-refractivity contribution < 1.29 is 14.7 Å². The summed E-state index contributed by atoms with van der Waals surface area (Å²) >= 11 is 0. The summed E-state index contributed by atoms with van der Waals surface area (Å²) in [5.41, 5.74) is 1.82. The molecule has 3 rings (SSSR count). The minimum absolute atomic E-state index is 0.000000000000000444. The molecular weight excluding hydrogens is 242 g/mol. The molecule has 19 heavy (non-hydrogen) atoms. The van der Waals surface area contributed by atoms with Crippen LogP contribution in [0.3, 0.4) is 0 Å². The van der Waals surface area contributed by atoms with E-state index < -0.39 is 11.9 Å². The molecule has 1 heterocycles. The van der Waals surface area contributed by atoms with Crippen molar-refractivity contribution in [1.29, 1.82) is 0 Å². The van der Waals surface area contributed by atoms with Gasteiger partial charge in [0.15, 0.2) is 0 Å². The predicted molar refractivity (Wildman–Crippen MR) is 69.9 cm³/mol. The van der Waals surface area contributed by atoms with Gasteiger partial charge in [-0.05, 0) is 30.9 Å². The van der Waals surface area contributed by atoms with E-state index in [0.29, 0.717) is 13.0 Å². The van der Waals surface area contributed by atoms with Gasteiger partial charge in [-0.3, -0.25) is 9.59 Å². The third-order valence-electron chi connectivity index (χ3n) is 4.33. The quantitative estimate of drug-likeness (QED) is 0.883. The van der Waals surface area contributed by atoms with E-state index in [1.54, 1.807) is 4.90 Å². The van der Waals surface area contributed by atoms with Crippen LogP contribution >= 0.6 is 0 Å². The van der Waals surface area contributed by atoms with E-state index in [0.717, 1.165) is 30.4 Å². The zero-order valence-corrected chi connectivity index (χ0v) is 10.7. The van der Waals surface area contributed by atoms with Crippen LogP contribution in [0.25, 0.3) is 0 Å². The third-order valence-corrected chi connectivity index (χ3v) is 4.33. The zero-order chi connectivity index (χ0) is 13.4. The molecule has 2 atom stereocenters. The lowest BCUT2D eigenvalue weighted by molar-refractivity contribution is -0.143. The molecule has 1 N–H and O–H groups in total. The Kier molecular flexibility index (Phi) is 3.01. The molecule has 0 saturated heterocycles. The molecule has 2 aliphatic rings. The van der Waals surface area contributed by atoms with E-state index in [4.69, 9.17) is 0 Å². The number of hydrogen-bond donors (Lipinski definition) is 1. The molecule has 0 aromatic heterocycles.